The number of rotatable bonds is 24. The molecule has 0 bridgehead atoms. The summed E-state index contributed by atoms with van der Waals surface area (Å²) in [5, 5.41) is 2.45. The van der Waals surface area contributed by atoms with Crippen molar-refractivity contribution in [3.05, 3.63) is 60.7 Å². The summed E-state index contributed by atoms with van der Waals surface area (Å²) in [6.45, 7) is 7.60. The van der Waals surface area contributed by atoms with Crippen molar-refractivity contribution in [2.24, 2.45) is 0 Å². The largest absolute Gasteiger partial charge is 0.407 e. The molecule has 0 radical (unpaired) electrons. The maximum atomic E-state index is 7.05. The SMILES string of the molecule is CCCCCCCCCCCCCO[Si](OC(C)CCCCCCCC)(c1ccccc1)c1ccccc1. The van der Waals surface area contributed by atoms with Crippen molar-refractivity contribution < 1.29 is 8.85 Å². The molecule has 2 nitrogen and oxygen atoms in total. The monoisotopic (exact) mass is 538 g/mol. The van der Waals surface area contributed by atoms with Crippen molar-refractivity contribution in [3.8, 4) is 0 Å². The van der Waals surface area contributed by atoms with E-state index in [0.29, 0.717) is 0 Å². The Morgan fingerprint density at radius 2 is 0.921 bits per heavy atom. The highest BCUT2D eigenvalue weighted by atomic mass is 28.4. The zero-order valence-corrected chi connectivity index (χ0v) is 26.1. The molecule has 3 heteroatoms. The fourth-order valence-electron chi connectivity index (χ4n) is 5.36. The van der Waals surface area contributed by atoms with Gasteiger partial charge in [-0.1, -0.05) is 177 Å². The van der Waals surface area contributed by atoms with Gasteiger partial charge in [0.1, 0.15) is 0 Å². The van der Waals surface area contributed by atoms with E-state index in [1.807, 2.05) is 0 Å². The minimum absolute atomic E-state index is 0.186. The van der Waals surface area contributed by atoms with Crippen LogP contribution < -0.4 is 10.4 Å². The van der Waals surface area contributed by atoms with Gasteiger partial charge >= 0.3 is 8.56 Å². The zero-order valence-electron chi connectivity index (χ0n) is 25.1. The molecule has 0 heterocycles. The van der Waals surface area contributed by atoms with Crippen LogP contribution in [0.4, 0.5) is 0 Å². The normalized spacial score (nSPS) is 12.6. The average Bonchev–Trinajstić information content (AvgIpc) is 2.95. The number of unbranched alkanes of at least 4 members (excludes halogenated alkanes) is 15. The molecular formula is C35H58O2Si. The van der Waals surface area contributed by atoms with Crippen LogP contribution in [0.1, 0.15) is 136 Å². The maximum Gasteiger partial charge on any atom is 0.407 e. The predicted octanol–water partition coefficient (Wildman–Crippen LogP) is 9.73. The van der Waals surface area contributed by atoms with E-state index < -0.39 is 8.56 Å². The highest BCUT2D eigenvalue weighted by Gasteiger charge is 2.43. The molecule has 0 saturated carbocycles. The molecule has 0 spiro atoms. The maximum absolute atomic E-state index is 7.05. The fourth-order valence-corrected chi connectivity index (χ4v) is 8.74. The number of benzene rings is 2. The predicted molar refractivity (Wildman–Crippen MR) is 169 cm³/mol. The van der Waals surface area contributed by atoms with E-state index >= 15 is 0 Å². The highest BCUT2D eigenvalue weighted by molar-refractivity contribution is 6.92. The molecule has 0 N–H and O–H groups in total. The Balaban J connectivity index is 1.92. The number of hydrogen-bond donors (Lipinski definition) is 0. The lowest BCUT2D eigenvalue weighted by Gasteiger charge is -2.34. The Morgan fingerprint density at radius 3 is 1.37 bits per heavy atom. The van der Waals surface area contributed by atoms with E-state index in [9.17, 15) is 0 Å². The average molecular weight is 539 g/mol. The van der Waals surface area contributed by atoms with Crippen LogP contribution in [0.5, 0.6) is 0 Å². The van der Waals surface area contributed by atoms with Crippen LogP contribution in [-0.4, -0.2) is 21.3 Å². The molecule has 2 aromatic rings. The second-order valence-electron chi connectivity index (χ2n) is 11.2. The van der Waals surface area contributed by atoms with E-state index in [4.69, 9.17) is 8.85 Å². The third-order valence-corrected chi connectivity index (χ3v) is 11.2. The van der Waals surface area contributed by atoms with Crippen molar-refractivity contribution in [1.82, 2.24) is 0 Å². The van der Waals surface area contributed by atoms with E-state index in [2.05, 4.69) is 81.4 Å². The van der Waals surface area contributed by atoms with Crippen molar-refractivity contribution in [1.29, 1.82) is 0 Å². The third kappa shape index (κ3) is 13.1. The van der Waals surface area contributed by atoms with Gasteiger partial charge in [0.2, 0.25) is 0 Å². The smallest absolute Gasteiger partial charge is 0.388 e. The van der Waals surface area contributed by atoms with Crippen LogP contribution in [0, 0.1) is 0 Å². The van der Waals surface area contributed by atoms with Gasteiger partial charge in [0.15, 0.2) is 0 Å². The summed E-state index contributed by atoms with van der Waals surface area (Å²) in [5.74, 6) is 0. The Hall–Kier alpha value is -1.42. The lowest BCUT2D eigenvalue weighted by molar-refractivity contribution is 0.132. The standard InChI is InChI=1S/C35H58O2Si/c1-4-6-8-10-12-13-14-15-16-18-26-32-36-38(34-28-22-19-23-29-34,35-30-24-20-25-31-35)37-33(3)27-21-17-11-9-7-5-2/h19-20,22-25,28-31,33H,4-18,21,26-27,32H2,1-3H3. The van der Waals surface area contributed by atoms with E-state index in [0.717, 1.165) is 19.4 Å². The minimum atomic E-state index is -2.79. The zero-order chi connectivity index (χ0) is 27.2. The molecule has 0 amide bonds. The van der Waals surface area contributed by atoms with E-state index in [-0.39, 0.29) is 6.10 Å². The molecule has 38 heavy (non-hydrogen) atoms. The molecule has 1 atom stereocenters. The first-order valence-corrected chi connectivity index (χ1v) is 18.0. The molecule has 0 fully saturated rings. The van der Waals surface area contributed by atoms with Crippen LogP contribution in [0.2, 0.25) is 0 Å². The fraction of sp³-hybridized carbons (Fsp3) is 0.657. The molecule has 2 rings (SSSR count). The van der Waals surface area contributed by atoms with Gasteiger partial charge in [0.05, 0.1) is 0 Å². The van der Waals surface area contributed by atoms with Gasteiger partial charge in [-0.2, -0.15) is 0 Å². The van der Waals surface area contributed by atoms with Gasteiger partial charge in [0.25, 0.3) is 0 Å². The summed E-state index contributed by atoms with van der Waals surface area (Å²) < 4.78 is 14.0. The third-order valence-electron chi connectivity index (χ3n) is 7.69. The minimum Gasteiger partial charge on any atom is -0.388 e. The first-order valence-electron chi connectivity index (χ1n) is 16.2. The topological polar surface area (TPSA) is 18.5 Å². The Labute approximate surface area is 237 Å². The molecule has 1 unspecified atom stereocenters. The lowest BCUT2D eigenvalue weighted by atomic mass is 10.1. The van der Waals surface area contributed by atoms with Gasteiger partial charge in [-0.05, 0) is 30.1 Å². The molecule has 0 aliphatic carbocycles. The van der Waals surface area contributed by atoms with Gasteiger partial charge < -0.3 is 8.85 Å². The lowest BCUT2D eigenvalue weighted by Crippen LogP contribution is -2.64. The Kier molecular flexibility index (Phi) is 18.5. The van der Waals surface area contributed by atoms with Crippen LogP contribution >= 0.6 is 0 Å². The summed E-state index contributed by atoms with van der Waals surface area (Å²) in [5.41, 5.74) is 0. The summed E-state index contributed by atoms with van der Waals surface area (Å²) >= 11 is 0. The molecule has 0 aliphatic heterocycles. The van der Waals surface area contributed by atoms with Crippen molar-refractivity contribution in [2.45, 2.75) is 142 Å². The van der Waals surface area contributed by atoms with Gasteiger partial charge in [-0.15, -0.1) is 0 Å². The van der Waals surface area contributed by atoms with Crippen molar-refractivity contribution >= 4 is 18.9 Å². The number of hydrogen-bond acceptors (Lipinski definition) is 2. The first-order chi connectivity index (χ1) is 18.7. The van der Waals surface area contributed by atoms with Gasteiger partial charge in [-0.25, -0.2) is 0 Å². The van der Waals surface area contributed by atoms with E-state index in [1.165, 1.54) is 113 Å². The summed E-state index contributed by atoms with van der Waals surface area (Å²) in [4.78, 5) is 0. The van der Waals surface area contributed by atoms with E-state index in [1.54, 1.807) is 0 Å². The van der Waals surface area contributed by atoms with Crippen LogP contribution in [0.25, 0.3) is 0 Å². The molecule has 2 aromatic carbocycles. The van der Waals surface area contributed by atoms with Crippen molar-refractivity contribution in [3.63, 3.8) is 0 Å². The Morgan fingerprint density at radius 1 is 0.526 bits per heavy atom. The highest BCUT2D eigenvalue weighted by Crippen LogP contribution is 2.18. The van der Waals surface area contributed by atoms with Crippen molar-refractivity contribution in [2.75, 3.05) is 6.61 Å². The summed E-state index contributed by atoms with van der Waals surface area (Å²) in [6.07, 6.45) is 24.0. The Bertz CT molecular complexity index is 740. The molecule has 0 aliphatic rings. The molecular weight excluding hydrogens is 480 g/mol. The van der Waals surface area contributed by atoms with Crippen LogP contribution in [-0.2, 0) is 8.85 Å². The van der Waals surface area contributed by atoms with Crippen LogP contribution in [0.15, 0.2) is 60.7 Å². The summed E-state index contributed by atoms with van der Waals surface area (Å²) in [6, 6.07) is 21.6. The first kappa shape index (κ1) is 32.8. The summed E-state index contributed by atoms with van der Waals surface area (Å²) in [7, 11) is -2.79. The molecule has 214 valence electrons. The molecule has 0 aromatic heterocycles. The second-order valence-corrected chi connectivity index (χ2v) is 14.1. The second kappa shape index (κ2) is 21.4. The van der Waals surface area contributed by atoms with Gasteiger partial charge in [0, 0.05) is 12.7 Å². The van der Waals surface area contributed by atoms with Crippen LogP contribution in [0.3, 0.4) is 0 Å². The molecule has 0 saturated heterocycles. The quantitative estimate of drug-likeness (QED) is 0.0978. The van der Waals surface area contributed by atoms with Gasteiger partial charge in [-0.3, -0.25) is 0 Å².